The zero-order valence-electron chi connectivity index (χ0n) is 12.9. The fourth-order valence-corrected chi connectivity index (χ4v) is 3.59. The Bertz CT molecular complexity index is 331. The molecule has 1 heterocycles. The fourth-order valence-electron chi connectivity index (χ4n) is 3.59. The molecule has 0 radical (unpaired) electrons. The molecule has 1 atom stereocenters. The summed E-state index contributed by atoms with van der Waals surface area (Å²) in [5.41, 5.74) is 0. The van der Waals surface area contributed by atoms with Crippen molar-refractivity contribution in [1.29, 1.82) is 0 Å². The summed E-state index contributed by atoms with van der Waals surface area (Å²) in [4.78, 5) is 7.52. The molecule has 114 valence electrons. The molecule has 3 aliphatic rings. The molecule has 2 saturated carbocycles. The van der Waals surface area contributed by atoms with Gasteiger partial charge in [-0.2, -0.15) is 0 Å². The van der Waals surface area contributed by atoms with Gasteiger partial charge in [0.15, 0.2) is 5.96 Å². The Hall–Kier alpha value is -0.770. The second kappa shape index (κ2) is 6.79. The molecule has 20 heavy (non-hydrogen) atoms. The minimum atomic E-state index is 0.652. The number of hydrogen-bond acceptors (Lipinski definition) is 2. The maximum Gasteiger partial charge on any atom is 0.191 e. The van der Waals surface area contributed by atoms with E-state index in [1.807, 2.05) is 0 Å². The zero-order chi connectivity index (χ0) is 13.8. The lowest BCUT2D eigenvalue weighted by atomic mass is 10.1. The van der Waals surface area contributed by atoms with Gasteiger partial charge in [0.05, 0.1) is 0 Å². The molecule has 0 spiro atoms. The lowest BCUT2D eigenvalue weighted by molar-refractivity contribution is 0.315. The number of nitrogens with one attached hydrogen (secondary N) is 2. The summed E-state index contributed by atoms with van der Waals surface area (Å²) in [5.74, 6) is 1.82. The van der Waals surface area contributed by atoms with Crippen LogP contribution in [0.25, 0.3) is 0 Å². The Morgan fingerprint density at radius 3 is 2.65 bits per heavy atom. The van der Waals surface area contributed by atoms with Crippen molar-refractivity contribution >= 4 is 5.96 Å². The summed E-state index contributed by atoms with van der Waals surface area (Å²) in [6.07, 6.45) is 9.56. The summed E-state index contributed by atoms with van der Waals surface area (Å²) in [7, 11) is 0. The van der Waals surface area contributed by atoms with E-state index >= 15 is 0 Å². The monoisotopic (exact) mass is 278 g/mol. The normalized spacial score (nSPS) is 29.1. The third kappa shape index (κ3) is 3.87. The first-order valence-corrected chi connectivity index (χ1v) is 8.64. The fraction of sp³-hybridized carbons (Fsp3) is 0.938. The number of hydrogen-bond donors (Lipinski definition) is 2. The van der Waals surface area contributed by atoms with Crippen LogP contribution >= 0.6 is 0 Å². The van der Waals surface area contributed by atoms with Gasteiger partial charge in [-0.1, -0.05) is 12.8 Å². The first-order chi connectivity index (χ1) is 9.85. The molecule has 1 saturated heterocycles. The second-order valence-corrected chi connectivity index (χ2v) is 6.73. The number of guanidine groups is 1. The molecule has 3 rings (SSSR count). The molecule has 0 amide bonds. The lowest BCUT2D eigenvalue weighted by Gasteiger charge is -2.18. The van der Waals surface area contributed by atoms with Gasteiger partial charge in [0.25, 0.3) is 0 Å². The van der Waals surface area contributed by atoms with Crippen molar-refractivity contribution in [2.24, 2.45) is 10.9 Å². The third-order valence-electron chi connectivity index (χ3n) is 4.93. The van der Waals surface area contributed by atoms with Crippen LogP contribution in [0.3, 0.4) is 0 Å². The predicted octanol–water partition coefficient (Wildman–Crippen LogP) is 1.97. The standard InChI is InChI=1S/C16H30N4/c1-2-17-16(19-14-5-3-4-6-14)18-11-13-9-10-20(12-13)15-7-8-15/h13-15H,2-12H2,1H3,(H2,17,18,19). The highest BCUT2D eigenvalue weighted by molar-refractivity contribution is 5.80. The van der Waals surface area contributed by atoms with Gasteiger partial charge in [-0.25, -0.2) is 0 Å². The van der Waals surface area contributed by atoms with Crippen molar-refractivity contribution in [3.63, 3.8) is 0 Å². The van der Waals surface area contributed by atoms with Gasteiger partial charge < -0.3 is 15.5 Å². The largest absolute Gasteiger partial charge is 0.357 e. The molecular formula is C16H30N4. The number of likely N-dealkylation sites (tertiary alicyclic amines) is 1. The van der Waals surface area contributed by atoms with Crippen LogP contribution in [0, 0.1) is 5.92 Å². The molecule has 2 N–H and O–H groups in total. The van der Waals surface area contributed by atoms with Crippen molar-refractivity contribution in [2.45, 2.75) is 64.0 Å². The Labute approximate surface area is 123 Å². The highest BCUT2D eigenvalue weighted by atomic mass is 15.2. The maximum atomic E-state index is 4.84. The number of rotatable bonds is 5. The molecular weight excluding hydrogens is 248 g/mol. The van der Waals surface area contributed by atoms with E-state index in [0.29, 0.717) is 6.04 Å². The van der Waals surface area contributed by atoms with Gasteiger partial charge in [0.2, 0.25) is 0 Å². The third-order valence-corrected chi connectivity index (χ3v) is 4.93. The van der Waals surface area contributed by atoms with Gasteiger partial charge in [-0.15, -0.1) is 0 Å². The highest BCUT2D eigenvalue weighted by Gasteiger charge is 2.34. The first-order valence-electron chi connectivity index (χ1n) is 8.64. The Kier molecular flexibility index (Phi) is 4.81. The summed E-state index contributed by atoms with van der Waals surface area (Å²) >= 11 is 0. The van der Waals surface area contributed by atoms with Crippen molar-refractivity contribution in [2.75, 3.05) is 26.2 Å². The molecule has 1 aliphatic heterocycles. The van der Waals surface area contributed by atoms with Crippen molar-refractivity contribution in [3.8, 4) is 0 Å². The molecule has 4 heteroatoms. The van der Waals surface area contributed by atoms with E-state index in [9.17, 15) is 0 Å². The summed E-state index contributed by atoms with van der Waals surface area (Å²) in [6.45, 7) is 6.67. The molecule has 0 bridgehead atoms. The van der Waals surface area contributed by atoms with E-state index in [1.165, 1.54) is 58.0 Å². The van der Waals surface area contributed by atoms with Gasteiger partial charge in [0.1, 0.15) is 0 Å². The van der Waals surface area contributed by atoms with E-state index in [2.05, 4.69) is 22.5 Å². The van der Waals surface area contributed by atoms with Crippen LogP contribution in [0.1, 0.15) is 51.9 Å². The van der Waals surface area contributed by atoms with E-state index in [1.54, 1.807) is 0 Å². The van der Waals surface area contributed by atoms with Crippen LogP contribution in [0.2, 0.25) is 0 Å². The summed E-state index contributed by atoms with van der Waals surface area (Å²) < 4.78 is 0. The predicted molar refractivity (Wildman–Crippen MR) is 84.1 cm³/mol. The van der Waals surface area contributed by atoms with Crippen LogP contribution in [-0.2, 0) is 0 Å². The number of aliphatic imine (C=N–C) groups is 1. The molecule has 0 aromatic heterocycles. The minimum absolute atomic E-state index is 0.652. The van der Waals surface area contributed by atoms with Gasteiger partial charge in [-0.3, -0.25) is 4.99 Å². The van der Waals surface area contributed by atoms with E-state index < -0.39 is 0 Å². The topological polar surface area (TPSA) is 39.7 Å². The average Bonchev–Trinajstić information content (AvgIpc) is 2.99. The van der Waals surface area contributed by atoms with Crippen molar-refractivity contribution < 1.29 is 0 Å². The minimum Gasteiger partial charge on any atom is -0.357 e. The van der Waals surface area contributed by atoms with Crippen molar-refractivity contribution in [1.82, 2.24) is 15.5 Å². The summed E-state index contributed by atoms with van der Waals surface area (Å²) in [5, 5.41) is 7.02. The quantitative estimate of drug-likeness (QED) is 0.596. The molecule has 3 fully saturated rings. The Morgan fingerprint density at radius 1 is 1.15 bits per heavy atom. The molecule has 0 aromatic rings. The zero-order valence-corrected chi connectivity index (χ0v) is 12.9. The molecule has 1 unspecified atom stereocenters. The molecule has 0 aromatic carbocycles. The number of nitrogens with zero attached hydrogens (tertiary/aromatic N) is 2. The van der Waals surface area contributed by atoms with Gasteiger partial charge in [-0.05, 0) is 51.5 Å². The van der Waals surface area contributed by atoms with E-state index in [0.717, 1.165) is 31.0 Å². The van der Waals surface area contributed by atoms with Crippen LogP contribution in [-0.4, -0.2) is 49.1 Å². The van der Waals surface area contributed by atoms with Gasteiger partial charge in [0, 0.05) is 31.7 Å². The Morgan fingerprint density at radius 2 is 1.95 bits per heavy atom. The highest BCUT2D eigenvalue weighted by Crippen LogP contribution is 2.31. The average molecular weight is 278 g/mol. The first kappa shape index (κ1) is 14.2. The van der Waals surface area contributed by atoms with E-state index in [-0.39, 0.29) is 0 Å². The Balaban J connectivity index is 1.45. The van der Waals surface area contributed by atoms with Crippen LogP contribution in [0.4, 0.5) is 0 Å². The smallest absolute Gasteiger partial charge is 0.191 e. The molecule has 4 nitrogen and oxygen atoms in total. The summed E-state index contributed by atoms with van der Waals surface area (Å²) in [6, 6.07) is 1.58. The van der Waals surface area contributed by atoms with Crippen LogP contribution in [0.15, 0.2) is 4.99 Å². The van der Waals surface area contributed by atoms with Crippen LogP contribution in [0.5, 0.6) is 0 Å². The SMILES string of the molecule is CCNC(=NCC1CCN(C2CC2)C1)NC1CCCC1. The lowest BCUT2D eigenvalue weighted by Crippen LogP contribution is -2.42. The van der Waals surface area contributed by atoms with Crippen molar-refractivity contribution in [3.05, 3.63) is 0 Å². The van der Waals surface area contributed by atoms with Gasteiger partial charge >= 0.3 is 0 Å². The maximum absolute atomic E-state index is 4.84. The van der Waals surface area contributed by atoms with Crippen LogP contribution < -0.4 is 10.6 Å². The van der Waals surface area contributed by atoms with E-state index in [4.69, 9.17) is 4.99 Å². The second-order valence-electron chi connectivity index (χ2n) is 6.73. The molecule has 2 aliphatic carbocycles.